The van der Waals surface area contributed by atoms with Crippen molar-refractivity contribution in [2.45, 2.75) is 48.8 Å². The molecule has 9 heteroatoms. The minimum Gasteiger partial charge on any atom is -0.455 e. The van der Waals surface area contributed by atoms with E-state index >= 15 is 0 Å². The lowest BCUT2D eigenvalue weighted by Crippen LogP contribution is -2.41. The summed E-state index contributed by atoms with van der Waals surface area (Å²) in [6.45, 7) is 0. The molecule has 26 heavy (non-hydrogen) atoms. The number of amides is 1. The number of furan rings is 1. The Hall–Kier alpha value is -1.90. The standard InChI is InChI=1S/C17H20F3N3O2S/c1-23-8-7-21-16(23)26-10-13-5-6-14(25-13)15(24)22-12-4-2-3-11(9-12)17(18,19)20/h5-8,11-12H,2-4,9-10H2,1H3,(H,22,24). The molecule has 0 radical (unpaired) electrons. The van der Waals surface area contributed by atoms with E-state index in [-0.39, 0.29) is 18.6 Å². The first-order valence-electron chi connectivity index (χ1n) is 8.39. The van der Waals surface area contributed by atoms with Crippen LogP contribution in [0.2, 0.25) is 0 Å². The van der Waals surface area contributed by atoms with Crippen LogP contribution in [0.25, 0.3) is 0 Å². The molecule has 1 aliphatic carbocycles. The quantitative estimate of drug-likeness (QED) is 0.783. The zero-order chi connectivity index (χ0) is 18.7. The zero-order valence-corrected chi connectivity index (χ0v) is 15.1. The van der Waals surface area contributed by atoms with Crippen molar-refractivity contribution >= 4 is 17.7 Å². The Morgan fingerprint density at radius 2 is 2.23 bits per heavy atom. The van der Waals surface area contributed by atoms with Crippen LogP contribution in [0.5, 0.6) is 0 Å². The number of thioether (sulfide) groups is 1. The van der Waals surface area contributed by atoms with E-state index in [0.29, 0.717) is 24.4 Å². The van der Waals surface area contributed by atoms with Crippen LogP contribution in [-0.4, -0.2) is 27.7 Å². The first-order valence-corrected chi connectivity index (χ1v) is 9.38. The van der Waals surface area contributed by atoms with Gasteiger partial charge in [0.15, 0.2) is 10.9 Å². The minimum atomic E-state index is -4.20. The summed E-state index contributed by atoms with van der Waals surface area (Å²) in [7, 11) is 1.88. The van der Waals surface area contributed by atoms with E-state index in [2.05, 4.69) is 10.3 Å². The van der Waals surface area contributed by atoms with Crippen molar-refractivity contribution in [3.05, 3.63) is 36.0 Å². The summed E-state index contributed by atoms with van der Waals surface area (Å²) in [5.74, 6) is -0.568. The van der Waals surface area contributed by atoms with Gasteiger partial charge in [0.1, 0.15) is 5.76 Å². The van der Waals surface area contributed by atoms with Crippen molar-refractivity contribution in [2.75, 3.05) is 0 Å². The summed E-state index contributed by atoms with van der Waals surface area (Å²) >= 11 is 1.47. The van der Waals surface area contributed by atoms with E-state index in [1.807, 2.05) is 17.8 Å². The molecule has 5 nitrogen and oxygen atoms in total. The Kier molecular flexibility index (Phi) is 5.64. The lowest BCUT2D eigenvalue weighted by molar-refractivity contribution is -0.183. The van der Waals surface area contributed by atoms with E-state index in [1.165, 1.54) is 11.8 Å². The van der Waals surface area contributed by atoms with Crippen LogP contribution in [-0.2, 0) is 12.8 Å². The SMILES string of the molecule is Cn1ccnc1SCc1ccc(C(=O)NC2CCCC(C(F)(F)F)C2)o1. The fourth-order valence-electron chi connectivity index (χ4n) is 3.08. The van der Waals surface area contributed by atoms with Crippen molar-refractivity contribution in [2.24, 2.45) is 13.0 Å². The zero-order valence-electron chi connectivity index (χ0n) is 14.3. The number of hydrogen-bond donors (Lipinski definition) is 1. The molecule has 2 unspecified atom stereocenters. The normalized spacial score (nSPS) is 20.9. The van der Waals surface area contributed by atoms with Gasteiger partial charge in [0.25, 0.3) is 5.91 Å². The second kappa shape index (κ2) is 7.77. The number of aromatic nitrogens is 2. The topological polar surface area (TPSA) is 60.1 Å². The average Bonchev–Trinajstić information content (AvgIpc) is 3.21. The molecule has 0 aromatic carbocycles. The van der Waals surface area contributed by atoms with Gasteiger partial charge < -0.3 is 14.3 Å². The van der Waals surface area contributed by atoms with Gasteiger partial charge in [-0.3, -0.25) is 4.79 Å². The minimum absolute atomic E-state index is 0.0716. The summed E-state index contributed by atoms with van der Waals surface area (Å²) < 4.78 is 46.0. The lowest BCUT2D eigenvalue weighted by atomic mass is 9.85. The van der Waals surface area contributed by atoms with E-state index in [9.17, 15) is 18.0 Å². The Bertz CT molecular complexity index is 757. The van der Waals surface area contributed by atoms with Gasteiger partial charge in [-0.25, -0.2) is 4.98 Å². The molecule has 1 saturated carbocycles. The van der Waals surface area contributed by atoms with E-state index in [4.69, 9.17) is 4.42 Å². The van der Waals surface area contributed by atoms with Gasteiger partial charge in [-0.15, -0.1) is 0 Å². The molecular weight excluding hydrogens is 367 g/mol. The van der Waals surface area contributed by atoms with Crippen LogP contribution in [0.3, 0.4) is 0 Å². The van der Waals surface area contributed by atoms with Gasteiger partial charge in [-0.1, -0.05) is 18.2 Å². The summed E-state index contributed by atoms with van der Waals surface area (Å²) in [6.07, 6.45) is 0.398. The van der Waals surface area contributed by atoms with E-state index in [1.54, 1.807) is 18.3 Å². The van der Waals surface area contributed by atoms with Crippen LogP contribution < -0.4 is 5.32 Å². The maximum atomic E-state index is 12.9. The van der Waals surface area contributed by atoms with Crippen LogP contribution in [0.4, 0.5) is 13.2 Å². The van der Waals surface area contributed by atoms with Crippen molar-refractivity contribution in [1.82, 2.24) is 14.9 Å². The smallest absolute Gasteiger partial charge is 0.391 e. The fraction of sp³-hybridized carbons (Fsp3) is 0.529. The first-order chi connectivity index (χ1) is 12.3. The molecule has 0 aliphatic heterocycles. The highest BCUT2D eigenvalue weighted by Gasteiger charge is 2.42. The van der Waals surface area contributed by atoms with E-state index in [0.717, 1.165) is 5.16 Å². The number of nitrogens with one attached hydrogen (secondary N) is 1. The number of carbonyl (C=O) groups excluding carboxylic acids is 1. The number of rotatable bonds is 5. The molecule has 3 rings (SSSR count). The maximum Gasteiger partial charge on any atom is 0.391 e. The van der Waals surface area contributed by atoms with Crippen molar-refractivity contribution in [3.63, 3.8) is 0 Å². The molecule has 142 valence electrons. The molecule has 2 aromatic rings. The highest BCUT2D eigenvalue weighted by atomic mass is 32.2. The second-order valence-electron chi connectivity index (χ2n) is 6.45. The predicted molar refractivity (Wildman–Crippen MR) is 90.7 cm³/mol. The number of alkyl halides is 3. The van der Waals surface area contributed by atoms with Gasteiger partial charge in [-0.2, -0.15) is 13.2 Å². The van der Waals surface area contributed by atoms with Crippen LogP contribution in [0.1, 0.15) is 42.0 Å². The number of hydrogen-bond acceptors (Lipinski definition) is 4. The Balaban J connectivity index is 1.54. The summed E-state index contributed by atoms with van der Waals surface area (Å²) in [5.41, 5.74) is 0. The van der Waals surface area contributed by atoms with Gasteiger partial charge in [0.2, 0.25) is 0 Å². The predicted octanol–water partition coefficient (Wildman–Crippen LogP) is 4.16. The van der Waals surface area contributed by atoms with Gasteiger partial charge >= 0.3 is 6.18 Å². The lowest BCUT2D eigenvalue weighted by Gasteiger charge is -2.30. The van der Waals surface area contributed by atoms with Crippen LogP contribution >= 0.6 is 11.8 Å². The fourth-order valence-corrected chi connectivity index (χ4v) is 3.91. The maximum absolute atomic E-state index is 12.9. The van der Waals surface area contributed by atoms with Crippen molar-refractivity contribution < 1.29 is 22.4 Å². The van der Waals surface area contributed by atoms with Crippen LogP contribution in [0, 0.1) is 5.92 Å². The summed E-state index contributed by atoms with van der Waals surface area (Å²) in [4.78, 5) is 16.5. The molecule has 0 bridgehead atoms. The van der Waals surface area contributed by atoms with Gasteiger partial charge in [-0.05, 0) is 31.4 Å². The highest BCUT2D eigenvalue weighted by molar-refractivity contribution is 7.98. The summed E-state index contributed by atoms with van der Waals surface area (Å²) in [5, 5.41) is 3.50. The second-order valence-corrected chi connectivity index (χ2v) is 7.39. The largest absolute Gasteiger partial charge is 0.455 e. The Morgan fingerprint density at radius 3 is 2.92 bits per heavy atom. The average molecular weight is 387 g/mol. The molecule has 1 N–H and O–H groups in total. The third kappa shape index (κ3) is 4.63. The van der Waals surface area contributed by atoms with Gasteiger partial charge in [0, 0.05) is 25.5 Å². The monoisotopic (exact) mass is 387 g/mol. The number of imidazole rings is 1. The molecule has 1 fully saturated rings. The van der Waals surface area contributed by atoms with Crippen LogP contribution in [0.15, 0.2) is 34.1 Å². The third-order valence-electron chi connectivity index (χ3n) is 4.48. The number of nitrogens with zero attached hydrogens (tertiary/aromatic N) is 2. The van der Waals surface area contributed by atoms with Crippen molar-refractivity contribution in [1.29, 1.82) is 0 Å². The summed E-state index contributed by atoms with van der Waals surface area (Å²) in [6, 6.07) is 2.77. The first kappa shape index (κ1) is 18.9. The molecule has 2 atom stereocenters. The third-order valence-corrected chi connectivity index (χ3v) is 5.56. The number of halogens is 3. The number of carbonyl (C=O) groups is 1. The molecule has 2 heterocycles. The van der Waals surface area contributed by atoms with Gasteiger partial charge in [0.05, 0.1) is 11.7 Å². The molecule has 1 aliphatic rings. The molecule has 1 amide bonds. The Morgan fingerprint density at radius 1 is 1.42 bits per heavy atom. The molecule has 0 saturated heterocycles. The van der Waals surface area contributed by atoms with E-state index < -0.39 is 24.0 Å². The molecule has 0 spiro atoms. The molecular formula is C17H20F3N3O2S. The highest BCUT2D eigenvalue weighted by Crippen LogP contribution is 2.37. The molecule has 2 aromatic heterocycles. The number of aryl methyl sites for hydroxylation is 1. The Labute approximate surface area is 153 Å². The van der Waals surface area contributed by atoms with Crippen molar-refractivity contribution in [3.8, 4) is 0 Å².